The van der Waals surface area contributed by atoms with E-state index < -0.39 is 0 Å². The fourth-order valence-corrected chi connectivity index (χ4v) is 3.89. The van der Waals surface area contributed by atoms with E-state index in [-0.39, 0.29) is 20.9 Å². The summed E-state index contributed by atoms with van der Waals surface area (Å²) >= 11 is 6.20. The summed E-state index contributed by atoms with van der Waals surface area (Å²) in [4.78, 5) is 12.0. The summed E-state index contributed by atoms with van der Waals surface area (Å²) in [7, 11) is 1.37. The van der Waals surface area contributed by atoms with Crippen molar-refractivity contribution in [3.8, 4) is 0 Å². The molecule has 0 aliphatic rings. The van der Waals surface area contributed by atoms with Crippen molar-refractivity contribution in [1.82, 2.24) is 0 Å². The van der Waals surface area contributed by atoms with Crippen molar-refractivity contribution in [3.05, 3.63) is 70.7 Å². The molecule has 0 radical (unpaired) electrons. The summed E-state index contributed by atoms with van der Waals surface area (Å²) in [6.45, 7) is 0. The third kappa shape index (κ3) is 3.73. The molecule has 0 N–H and O–H groups in total. The number of carbonyl (C=O) groups is 1. The van der Waals surface area contributed by atoms with Crippen LogP contribution in [0.15, 0.2) is 65.1 Å². The van der Waals surface area contributed by atoms with Crippen molar-refractivity contribution < 1.29 is 9.53 Å². The second-order valence-electron chi connectivity index (χ2n) is 3.92. The van der Waals surface area contributed by atoms with Gasteiger partial charge in [0.1, 0.15) is 0 Å². The summed E-state index contributed by atoms with van der Waals surface area (Å²) in [5.74, 6) is -0.372. The van der Waals surface area contributed by atoms with E-state index in [0.29, 0.717) is 9.50 Å². The maximum atomic E-state index is 12.0. The number of esters is 1. The number of ether oxygens (including phenoxy) is 1. The Hall–Kier alpha value is -1.54. The van der Waals surface area contributed by atoms with Gasteiger partial charge in [-0.3, -0.25) is 0 Å². The van der Waals surface area contributed by atoms with E-state index in [2.05, 4.69) is 0 Å². The number of hydrogen-bond donors (Lipinski definition) is 0. The summed E-state index contributed by atoms with van der Waals surface area (Å²) in [5.41, 5.74) is 0.826. The van der Waals surface area contributed by atoms with Crippen molar-refractivity contribution in [2.45, 2.75) is 0 Å². The van der Waals surface area contributed by atoms with Crippen LogP contribution in [0.3, 0.4) is 0 Å². The molecule has 0 aromatic heterocycles. The van der Waals surface area contributed by atoms with Gasteiger partial charge in [0.25, 0.3) is 0 Å². The van der Waals surface area contributed by atoms with Crippen molar-refractivity contribution in [2.75, 3.05) is 7.11 Å². The molecule has 0 amide bonds. The minimum atomic E-state index is -0.372. The molecule has 0 atom stereocenters. The molecular formula is C16H13ClO2Se. The molecule has 2 aromatic rings. The van der Waals surface area contributed by atoms with Crippen LogP contribution in [0.2, 0.25) is 0 Å². The molecule has 0 saturated heterocycles. The predicted molar refractivity (Wildman–Crippen MR) is 83.1 cm³/mol. The number of benzene rings is 2. The van der Waals surface area contributed by atoms with Gasteiger partial charge in [-0.25, -0.2) is 0 Å². The van der Waals surface area contributed by atoms with E-state index in [0.717, 1.165) is 10.0 Å². The monoisotopic (exact) mass is 352 g/mol. The molecule has 2 rings (SSSR count). The molecule has 2 aromatic carbocycles. The average molecular weight is 352 g/mol. The number of hydrogen-bond acceptors (Lipinski definition) is 2. The molecule has 0 heterocycles. The number of rotatable bonds is 4. The van der Waals surface area contributed by atoms with Crippen LogP contribution >= 0.6 is 11.6 Å². The molecule has 0 bridgehead atoms. The summed E-state index contributed by atoms with van der Waals surface area (Å²) in [5, 5.41) is 0.460. The molecule has 20 heavy (non-hydrogen) atoms. The van der Waals surface area contributed by atoms with Gasteiger partial charge >= 0.3 is 129 Å². The Balaban J connectivity index is 2.40. The van der Waals surface area contributed by atoms with Crippen LogP contribution < -0.4 is 4.46 Å². The number of carbonyl (C=O) groups excluding carboxylic acids is 1. The van der Waals surface area contributed by atoms with Crippen LogP contribution in [-0.4, -0.2) is 28.0 Å². The van der Waals surface area contributed by atoms with Crippen molar-refractivity contribution >= 4 is 42.0 Å². The zero-order chi connectivity index (χ0) is 14.4. The van der Waals surface area contributed by atoms with Gasteiger partial charge in [0.15, 0.2) is 0 Å². The van der Waals surface area contributed by atoms with Gasteiger partial charge in [0.05, 0.1) is 0 Å². The van der Waals surface area contributed by atoms with E-state index in [1.807, 2.05) is 60.7 Å². The Kier molecular flexibility index (Phi) is 5.42. The molecule has 0 fully saturated rings. The van der Waals surface area contributed by atoms with E-state index in [4.69, 9.17) is 16.3 Å². The van der Waals surface area contributed by atoms with Gasteiger partial charge in [0.2, 0.25) is 0 Å². The first-order valence-corrected chi connectivity index (χ1v) is 8.08. The van der Waals surface area contributed by atoms with Crippen molar-refractivity contribution in [1.29, 1.82) is 0 Å². The molecule has 4 heteroatoms. The zero-order valence-electron chi connectivity index (χ0n) is 10.9. The van der Waals surface area contributed by atoms with Gasteiger partial charge in [-0.15, -0.1) is 0 Å². The Morgan fingerprint density at radius 3 is 2.10 bits per heavy atom. The molecular weight excluding hydrogens is 339 g/mol. The first-order chi connectivity index (χ1) is 9.72. The molecule has 2 nitrogen and oxygen atoms in total. The maximum absolute atomic E-state index is 12.0. The molecule has 0 spiro atoms. The van der Waals surface area contributed by atoms with Crippen LogP contribution in [0.1, 0.15) is 5.56 Å². The topological polar surface area (TPSA) is 26.3 Å². The Morgan fingerprint density at radius 2 is 1.55 bits per heavy atom. The normalized spacial score (nSPS) is 11.7. The fraction of sp³-hybridized carbons (Fsp3) is 0.0625. The Labute approximate surface area is 129 Å². The quantitative estimate of drug-likeness (QED) is 0.481. The van der Waals surface area contributed by atoms with Crippen LogP contribution in [0.25, 0.3) is 5.03 Å². The van der Waals surface area contributed by atoms with E-state index in [1.54, 1.807) is 0 Å². The fourth-order valence-electron chi connectivity index (χ4n) is 1.59. The molecule has 0 unspecified atom stereocenters. The summed E-state index contributed by atoms with van der Waals surface area (Å²) in [6.07, 6.45) is 0. The van der Waals surface area contributed by atoms with Crippen molar-refractivity contribution in [2.24, 2.45) is 0 Å². The minimum absolute atomic E-state index is 0.193. The average Bonchev–Trinajstić information content (AvgIpc) is 2.53. The van der Waals surface area contributed by atoms with Crippen LogP contribution in [-0.2, 0) is 9.53 Å². The predicted octanol–water partition coefficient (Wildman–Crippen LogP) is 2.80. The number of methoxy groups -OCH3 is 1. The third-order valence-corrected chi connectivity index (χ3v) is 5.49. The van der Waals surface area contributed by atoms with Crippen LogP contribution in [0.5, 0.6) is 0 Å². The summed E-state index contributed by atoms with van der Waals surface area (Å²) < 4.78 is 6.47. The van der Waals surface area contributed by atoms with E-state index in [9.17, 15) is 4.79 Å². The molecule has 0 aliphatic carbocycles. The number of halogens is 1. The zero-order valence-corrected chi connectivity index (χ0v) is 13.3. The van der Waals surface area contributed by atoms with Gasteiger partial charge < -0.3 is 0 Å². The standard InChI is InChI=1S/C16H13ClO2Se/c1-19-16(18)15(20-13-10-6-3-7-11-13)14(17)12-8-4-2-5-9-12/h2-11H,1H3/b15-14+. The summed E-state index contributed by atoms with van der Waals surface area (Å²) in [6, 6.07) is 19.3. The van der Waals surface area contributed by atoms with E-state index >= 15 is 0 Å². The Bertz CT molecular complexity index is 609. The van der Waals surface area contributed by atoms with Crippen LogP contribution in [0, 0.1) is 0 Å². The second kappa shape index (κ2) is 7.30. The first kappa shape index (κ1) is 14.9. The van der Waals surface area contributed by atoms with Gasteiger partial charge in [-0.05, 0) is 0 Å². The SMILES string of the molecule is COC(=O)/C([Se]c1ccccc1)=C(\Cl)c1ccccc1. The van der Waals surface area contributed by atoms with Crippen LogP contribution in [0.4, 0.5) is 0 Å². The first-order valence-electron chi connectivity index (χ1n) is 5.99. The molecule has 0 aliphatic heterocycles. The van der Waals surface area contributed by atoms with Gasteiger partial charge in [-0.1, -0.05) is 0 Å². The van der Waals surface area contributed by atoms with Gasteiger partial charge in [0, 0.05) is 0 Å². The van der Waals surface area contributed by atoms with Gasteiger partial charge in [-0.2, -0.15) is 0 Å². The van der Waals surface area contributed by atoms with Crippen molar-refractivity contribution in [3.63, 3.8) is 0 Å². The second-order valence-corrected chi connectivity index (χ2v) is 6.57. The molecule has 0 saturated carbocycles. The molecule has 102 valence electrons. The third-order valence-electron chi connectivity index (χ3n) is 2.56. The van der Waals surface area contributed by atoms with E-state index in [1.165, 1.54) is 7.11 Å². The Morgan fingerprint density at radius 1 is 1.00 bits per heavy atom.